The van der Waals surface area contributed by atoms with Crippen LogP contribution in [0.15, 0.2) is 54.9 Å². The van der Waals surface area contributed by atoms with E-state index in [0.717, 1.165) is 32.4 Å². The first-order chi connectivity index (χ1) is 11.8. The number of hydrogen-bond donors (Lipinski definition) is 0. The molecule has 0 N–H and O–H groups in total. The molecule has 2 heterocycles. The zero-order valence-corrected chi connectivity index (χ0v) is 14.2. The fraction of sp³-hybridized carbons (Fsp3) is 0.429. The Morgan fingerprint density at radius 1 is 1.04 bits per heavy atom. The van der Waals surface area contributed by atoms with Gasteiger partial charge in [0.15, 0.2) is 0 Å². The van der Waals surface area contributed by atoms with Crippen LogP contribution < -0.4 is 0 Å². The van der Waals surface area contributed by atoms with E-state index in [9.17, 15) is 4.79 Å². The molecule has 1 saturated heterocycles. The number of hydrogen-bond acceptors (Lipinski definition) is 2. The van der Waals surface area contributed by atoms with Gasteiger partial charge in [-0.25, -0.2) is 0 Å². The largest absolute Gasteiger partial charge is 0.342 e. The van der Waals surface area contributed by atoms with Crippen molar-refractivity contribution in [2.45, 2.75) is 38.5 Å². The molecule has 3 rings (SSSR count). The van der Waals surface area contributed by atoms with Crippen molar-refractivity contribution in [3.63, 3.8) is 0 Å². The average Bonchev–Trinajstić information content (AvgIpc) is 2.66. The first-order valence-corrected chi connectivity index (χ1v) is 9.02. The molecule has 126 valence electrons. The van der Waals surface area contributed by atoms with Gasteiger partial charge in [0.2, 0.25) is 5.91 Å². The molecule has 0 saturated carbocycles. The maximum Gasteiger partial charge on any atom is 0.222 e. The van der Waals surface area contributed by atoms with Crippen molar-refractivity contribution in [2.75, 3.05) is 13.1 Å². The van der Waals surface area contributed by atoms with Crippen molar-refractivity contribution in [2.24, 2.45) is 5.92 Å². The van der Waals surface area contributed by atoms with E-state index in [0.29, 0.717) is 18.2 Å². The van der Waals surface area contributed by atoms with Crippen LogP contribution in [0.3, 0.4) is 0 Å². The number of piperidine rings is 1. The molecular formula is C21H26N2O. The van der Waals surface area contributed by atoms with E-state index in [2.05, 4.69) is 40.2 Å². The number of aryl methyl sites for hydroxylation is 2. The second-order valence-electron chi connectivity index (χ2n) is 6.73. The van der Waals surface area contributed by atoms with Gasteiger partial charge < -0.3 is 4.90 Å². The van der Waals surface area contributed by atoms with Crippen LogP contribution in [0.25, 0.3) is 0 Å². The van der Waals surface area contributed by atoms with Crippen molar-refractivity contribution >= 4 is 5.91 Å². The third-order valence-corrected chi connectivity index (χ3v) is 4.93. The van der Waals surface area contributed by atoms with Gasteiger partial charge in [-0.15, -0.1) is 0 Å². The summed E-state index contributed by atoms with van der Waals surface area (Å²) in [5, 5.41) is 0. The van der Waals surface area contributed by atoms with Gasteiger partial charge in [0, 0.05) is 31.9 Å². The van der Waals surface area contributed by atoms with E-state index in [-0.39, 0.29) is 0 Å². The van der Waals surface area contributed by atoms with E-state index in [4.69, 9.17) is 0 Å². The van der Waals surface area contributed by atoms with Gasteiger partial charge in [-0.2, -0.15) is 0 Å². The Balaban J connectivity index is 1.45. The van der Waals surface area contributed by atoms with Gasteiger partial charge in [0.1, 0.15) is 0 Å². The number of amides is 1. The second kappa shape index (κ2) is 8.62. The fourth-order valence-corrected chi connectivity index (χ4v) is 3.50. The van der Waals surface area contributed by atoms with Crippen LogP contribution in [0.2, 0.25) is 0 Å². The van der Waals surface area contributed by atoms with E-state index in [1.807, 2.05) is 12.1 Å². The standard InChI is InChI=1S/C21H26N2O/c24-21(11-10-19-12-14-22-15-13-19)23-16-4-7-20(17-23)9-8-18-5-2-1-3-6-18/h1-3,5-6,12-15,20H,4,7-11,16-17H2/t20-/m1/s1. The maximum atomic E-state index is 12.5. The highest BCUT2D eigenvalue weighted by atomic mass is 16.2. The summed E-state index contributed by atoms with van der Waals surface area (Å²) < 4.78 is 0. The second-order valence-corrected chi connectivity index (χ2v) is 6.73. The Morgan fingerprint density at radius 3 is 2.58 bits per heavy atom. The lowest BCUT2D eigenvalue weighted by Crippen LogP contribution is -2.40. The minimum atomic E-state index is 0.302. The minimum absolute atomic E-state index is 0.302. The predicted molar refractivity (Wildman–Crippen MR) is 96.6 cm³/mol. The summed E-state index contributed by atoms with van der Waals surface area (Å²) in [6.45, 7) is 1.86. The van der Waals surface area contributed by atoms with Gasteiger partial charge in [0.25, 0.3) is 0 Å². The Bertz CT molecular complexity index is 627. The summed E-state index contributed by atoms with van der Waals surface area (Å²) >= 11 is 0. The molecule has 1 aromatic carbocycles. The lowest BCUT2D eigenvalue weighted by molar-refractivity contribution is -0.133. The van der Waals surface area contributed by atoms with Crippen molar-refractivity contribution in [1.29, 1.82) is 0 Å². The molecule has 0 unspecified atom stereocenters. The molecule has 0 aliphatic carbocycles. The lowest BCUT2D eigenvalue weighted by Gasteiger charge is -2.33. The van der Waals surface area contributed by atoms with Crippen LogP contribution in [0.4, 0.5) is 0 Å². The van der Waals surface area contributed by atoms with E-state index >= 15 is 0 Å². The lowest BCUT2D eigenvalue weighted by atomic mass is 9.91. The Hall–Kier alpha value is -2.16. The SMILES string of the molecule is O=C(CCc1ccncc1)N1CCC[C@H](CCc2ccccc2)C1. The number of nitrogens with zero attached hydrogens (tertiary/aromatic N) is 2. The number of carbonyl (C=O) groups excluding carboxylic acids is 1. The molecule has 3 heteroatoms. The molecule has 0 bridgehead atoms. The van der Waals surface area contributed by atoms with Gasteiger partial charge in [-0.3, -0.25) is 9.78 Å². The summed E-state index contributed by atoms with van der Waals surface area (Å²) in [4.78, 5) is 18.6. The third kappa shape index (κ3) is 4.92. The molecular weight excluding hydrogens is 296 g/mol. The molecule has 1 aromatic heterocycles. The van der Waals surface area contributed by atoms with Crippen molar-refractivity contribution in [1.82, 2.24) is 9.88 Å². The highest BCUT2D eigenvalue weighted by Crippen LogP contribution is 2.22. The number of pyridine rings is 1. The molecule has 0 radical (unpaired) electrons. The normalized spacial score (nSPS) is 17.7. The number of carbonyl (C=O) groups is 1. The molecule has 3 nitrogen and oxygen atoms in total. The molecule has 1 aliphatic rings. The van der Waals surface area contributed by atoms with Crippen LogP contribution in [-0.2, 0) is 17.6 Å². The van der Waals surface area contributed by atoms with Crippen LogP contribution in [-0.4, -0.2) is 28.9 Å². The van der Waals surface area contributed by atoms with Gasteiger partial charge in [0.05, 0.1) is 0 Å². The maximum absolute atomic E-state index is 12.5. The molecule has 0 spiro atoms. The zero-order chi connectivity index (χ0) is 16.6. The summed E-state index contributed by atoms with van der Waals surface area (Å²) in [6.07, 6.45) is 9.69. The van der Waals surface area contributed by atoms with Crippen LogP contribution >= 0.6 is 0 Å². The van der Waals surface area contributed by atoms with Crippen LogP contribution in [0.5, 0.6) is 0 Å². The monoisotopic (exact) mass is 322 g/mol. The van der Waals surface area contributed by atoms with Crippen molar-refractivity contribution < 1.29 is 4.79 Å². The molecule has 1 atom stereocenters. The number of benzene rings is 1. The molecule has 2 aromatic rings. The number of aromatic nitrogens is 1. The Kier molecular flexibility index (Phi) is 6.00. The summed E-state index contributed by atoms with van der Waals surface area (Å²) in [5.41, 5.74) is 2.59. The Morgan fingerprint density at radius 2 is 1.79 bits per heavy atom. The first kappa shape index (κ1) is 16.7. The van der Waals surface area contributed by atoms with E-state index in [1.165, 1.54) is 24.0 Å². The third-order valence-electron chi connectivity index (χ3n) is 4.93. The minimum Gasteiger partial charge on any atom is -0.342 e. The average molecular weight is 322 g/mol. The summed E-state index contributed by atoms with van der Waals surface area (Å²) in [6, 6.07) is 14.6. The zero-order valence-electron chi connectivity index (χ0n) is 14.2. The van der Waals surface area contributed by atoms with E-state index in [1.54, 1.807) is 12.4 Å². The van der Waals surface area contributed by atoms with Gasteiger partial charge in [-0.1, -0.05) is 30.3 Å². The summed E-state index contributed by atoms with van der Waals surface area (Å²) in [5.74, 6) is 0.944. The van der Waals surface area contributed by atoms with Gasteiger partial charge >= 0.3 is 0 Å². The van der Waals surface area contributed by atoms with E-state index < -0.39 is 0 Å². The number of likely N-dealkylation sites (tertiary alicyclic amines) is 1. The fourth-order valence-electron chi connectivity index (χ4n) is 3.50. The van der Waals surface area contributed by atoms with Crippen molar-refractivity contribution in [3.05, 3.63) is 66.0 Å². The smallest absolute Gasteiger partial charge is 0.222 e. The quantitative estimate of drug-likeness (QED) is 0.808. The number of rotatable bonds is 6. The summed E-state index contributed by atoms with van der Waals surface area (Å²) in [7, 11) is 0. The van der Waals surface area contributed by atoms with Crippen LogP contribution in [0, 0.1) is 5.92 Å². The Labute approximate surface area is 144 Å². The first-order valence-electron chi connectivity index (χ1n) is 9.02. The van der Waals surface area contributed by atoms with Gasteiger partial charge in [-0.05, 0) is 61.3 Å². The molecule has 1 aliphatic heterocycles. The van der Waals surface area contributed by atoms with Crippen molar-refractivity contribution in [3.8, 4) is 0 Å². The topological polar surface area (TPSA) is 33.2 Å². The predicted octanol–water partition coefficient (Wildman–Crippen LogP) is 3.89. The van der Waals surface area contributed by atoms with Crippen LogP contribution in [0.1, 0.15) is 36.8 Å². The molecule has 1 amide bonds. The molecule has 1 fully saturated rings. The highest BCUT2D eigenvalue weighted by molar-refractivity contribution is 5.76. The highest BCUT2D eigenvalue weighted by Gasteiger charge is 2.23. The molecule has 24 heavy (non-hydrogen) atoms.